The third kappa shape index (κ3) is 3.77. The molecule has 0 bridgehead atoms. The largest absolute Gasteiger partial charge is 0.344 e. The van der Waals surface area contributed by atoms with Crippen molar-refractivity contribution in [2.75, 3.05) is 13.1 Å². The van der Waals surface area contributed by atoms with Crippen LogP contribution in [0.25, 0.3) is 0 Å². The number of amides is 2. The zero-order valence-corrected chi connectivity index (χ0v) is 10.7. The summed E-state index contributed by atoms with van der Waals surface area (Å²) in [6, 6.07) is -0.389. The second kappa shape index (κ2) is 6.29. The Bertz CT molecular complexity index is 352. The topological polar surface area (TPSA) is 49.4 Å². The van der Waals surface area contributed by atoms with Crippen LogP contribution in [0.15, 0.2) is 0 Å². The van der Waals surface area contributed by atoms with Gasteiger partial charge < -0.3 is 10.2 Å². The minimum Gasteiger partial charge on any atom is -0.344 e. The van der Waals surface area contributed by atoms with E-state index in [0.717, 1.165) is 0 Å². The van der Waals surface area contributed by atoms with Crippen molar-refractivity contribution in [3.63, 3.8) is 0 Å². The molecule has 0 aromatic heterocycles. The predicted octanol–water partition coefficient (Wildman–Crippen LogP) is 0.773. The summed E-state index contributed by atoms with van der Waals surface area (Å²) in [5.41, 5.74) is 0. The molecule has 2 amide bonds. The van der Waals surface area contributed by atoms with Crippen molar-refractivity contribution in [3.05, 3.63) is 0 Å². The number of nitrogens with zero attached hydrogens (tertiary/aromatic N) is 1. The lowest BCUT2D eigenvalue weighted by atomic mass is 10.0. The lowest BCUT2D eigenvalue weighted by molar-refractivity contribution is -0.134. The van der Waals surface area contributed by atoms with E-state index >= 15 is 0 Å². The molecular weight excluding hydrogens is 216 g/mol. The normalized spacial score (nSPS) is 20.7. The number of rotatable bonds is 3. The van der Waals surface area contributed by atoms with Crippen molar-refractivity contribution in [1.82, 2.24) is 10.2 Å². The molecule has 0 aromatic carbocycles. The number of carbonyl (C=O) groups excluding carboxylic acids is 2. The Morgan fingerprint density at radius 2 is 2.18 bits per heavy atom. The Hall–Kier alpha value is -1.50. The van der Waals surface area contributed by atoms with E-state index in [1.165, 1.54) is 0 Å². The Morgan fingerprint density at radius 3 is 2.76 bits per heavy atom. The van der Waals surface area contributed by atoms with Gasteiger partial charge in [0.15, 0.2) is 0 Å². The average Bonchev–Trinajstić information content (AvgIpc) is 2.41. The van der Waals surface area contributed by atoms with Crippen LogP contribution in [0, 0.1) is 17.8 Å². The van der Waals surface area contributed by atoms with Crippen molar-refractivity contribution in [1.29, 1.82) is 0 Å². The smallest absolute Gasteiger partial charge is 0.245 e. The quantitative estimate of drug-likeness (QED) is 0.736. The van der Waals surface area contributed by atoms with E-state index in [1.807, 2.05) is 13.8 Å². The summed E-state index contributed by atoms with van der Waals surface area (Å²) in [7, 11) is 0. The third-order valence-electron chi connectivity index (χ3n) is 2.85. The van der Waals surface area contributed by atoms with Crippen LogP contribution in [-0.2, 0) is 9.59 Å². The third-order valence-corrected chi connectivity index (χ3v) is 2.85. The van der Waals surface area contributed by atoms with E-state index in [0.29, 0.717) is 25.9 Å². The monoisotopic (exact) mass is 236 g/mol. The highest BCUT2D eigenvalue weighted by molar-refractivity contribution is 5.90. The first kappa shape index (κ1) is 13.6. The molecule has 1 N–H and O–H groups in total. The fraction of sp³-hybridized carbons (Fsp3) is 0.692. The molecule has 4 nitrogen and oxygen atoms in total. The Kier molecular flexibility index (Phi) is 5.02. The summed E-state index contributed by atoms with van der Waals surface area (Å²) in [6.07, 6.45) is 1.05. The zero-order valence-electron chi connectivity index (χ0n) is 10.7. The molecule has 1 aliphatic rings. The van der Waals surface area contributed by atoms with Gasteiger partial charge in [-0.25, -0.2) is 0 Å². The minimum absolute atomic E-state index is 0.0174. The lowest BCUT2D eigenvalue weighted by Gasteiger charge is -2.25. The van der Waals surface area contributed by atoms with Crippen molar-refractivity contribution >= 4 is 11.8 Å². The van der Waals surface area contributed by atoms with Gasteiger partial charge in [0.25, 0.3) is 0 Å². The maximum Gasteiger partial charge on any atom is 0.245 e. The van der Waals surface area contributed by atoms with E-state index in [1.54, 1.807) is 11.8 Å². The van der Waals surface area contributed by atoms with E-state index in [-0.39, 0.29) is 23.8 Å². The minimum atomic E-state index is -0.389. The molecule has 0 spiro atoms. The van der Waals surface area contributed by atoms with Crippen LogP contribution in [0.5, 0.6) is 0 Å². The first-order chi connectivity index (χ1) is 8.06. The van der Waals surface area contributed by atoms with Crippen LogP contribution in [-0.4, -0.2) is 35.8 Å². The Labute approximate surface area is 103 Å². The van der Waals surface area contributed by atoms with Crippen molar-refractivity contribution in [3.8, 4) is 11.8 Å². The summed E-state index contributed by atoms with van der Waals surface area (Å²) in [4.78, 5) is 25.4. The first-order valence-corrected chi connectivity index (χ1v) is 6.04. The number of nitrogens with one attached hydrogen (secondary N) is 1. The van der Waals surface area contributed by atoms with Crippen molar-refractivity contribution in [2.24, 2.45) is 5.92 Å². The highest BCUT2D eigenvalue weighted by Crippen LogP contribution is 2.11. The van der Waals surface area contributed by atoms with Crippen LogP contribution < -0.4 is 5.32 Å². The molecule has 0 aromatic rings. The maximum atomic E-state index is 12.2. The van der Waals surface area contributed by atoms with E-state index in [4.69, 9.17) is 0 Å². The molecule has 1 unspecified atom stereocenters. The maximum absolute atomic E-state index is 12.2. The summed E-state index contributed by atoms with van der Waals surface area (Å²) in [5, 5.41) is 2.78. The average molecular weight is 236 g/mol. The van der Waals surface area contributed by atoms with Gasteiger partial charge >= 0.3 is 0 Å². The molecule has 94 valence electrons. The molecule has 1 saturated heterocycles. The fourth-order valence-corrected chi connectivity index (χ4v) is 1.84. The van der Waals surface area contributed by atoms with Gasteiger partial charge in [-0.3, -0.25) is 9.59 Å². The molecule has 1 atom stereocenters. The van der Waals surface area contributed by atoms with Gasteiger partial charge in [0, 0.05) is 25.9 Å². The van der Waals surface area contributed by atoms with Gasteiger partial charge in [0.2, 0.25) is 11.8 Å². The highest BCUT2D eigenvalue weighted by Gasteiger charge is 2.31. The van der Waals surface area contributed by atoms with Gasteiger partial charge in [-0.1, -0.05) is 13.8 Å². The van der Waals surface area contributed by atoms with Crippen LogP contribution in [0.1, 0.15) is 33.6 Å². The second-order valence-corrected chi connectivity index (χ2v) is 4.54. The van der Waals surface area contributed by atoms with Crippen LogP contribution in [0.2, 0.25) is 0 Å². The molecule has 1 aliphatic heterocycles. The molecule has 1 fully saturated rings. The molecule has 0 aliphatic carbocycles. The van der Waals surface area contributed by atoms with Crippen LogP contribution >= 0.6 is 0 Å². The van der Waals surface area contributed by atoms with Crippen molar-refractivity contribution in [2.45, 2.75) is 39.7 Å². The molecule has 0 saturated carbocycles. The molecule has 4 heteroatoms. The van der Waals surface area contributed by atoms with Crippen LogP contribution in [0.4, 0.5) is 0 Å². The predicted molar refractivity (Wildman–Crippen MR) is 66.0 cm³/mol. The molecule has 1 heterocycles. The van der Waals surface area contributed by atoms with Gasteiger partial charge in [0.1, 0.15) is 6.04 Å². The highest BCUT2D eigenvalue weighted by atomic mass is 16.2. The SMILES string of the molecule is CC#CCCN1CCC(=O)NC(C(C)C)C1=O. The lowest BCUT2D eigenvalue weighted by Crippen LogP contribution is -2.47. The van der Waals surface area contributed by atoms with Gasteiger partial charge in [-0.05, 0) is 12.8 Å². The molecular formula is C13H20N2O2. The molecule has 0 radical (unpaired) electrons. The van der Waals surface area contributed by atoms with Gasteiger partial charge in [-0.2, -0.15) is 0 Å². The molecule has 17 heavy (non-hydrogen) atoms. The Morgan fingerprint density at radius 1 is 1.47 bits per heavy atom. The fourth-order valence-electron chi connectivity index (χ4n) is 1.84. The van der Waals surface area contributed by atoms with Crippen molar-refractivity contribution < 1.29 is 9.59 Å². The number of hydrogen-bond donors (Lipinski definition) is 1. The molecule has 1 rings (SSSR count). The van der Waals surface area contributed by atoms with Gasteiger partial charge in [-0.15, -0.1) is 11.8 Å². The van der Waals surface area contributed by atoms with Crippen LogP contribution in [0.3, 0.4) is 0 Å². The van der Waals surface area contributed by atoms with E-state index in [9.17, 15) is 9.59 Å². The standard InChI is InChI=1S/C13H20N2O2/c1-4-5-6-8-15-9-7-11(16)14-12(10(2)3)13(15)17/h10,12H,6-9H2,1-3H3,(H,14,16). The summed E-state index contributed by atoms with van der Waals surface area (Å²) >= 11 is 0. The number of hydrogen-bond acceptors (Lipinski definition) is 2. The van der Waals surface area contributed by atoms with E-state index in [2.05, 4.69) is 17.2 Å². The Balaban J connectivity index is 2.71. The van der Waals surface area contributed by atoms with E-state index < -0.39 is 0 Å². The summed E-state index contributed by atoms with van der Waals surface area (Å²) in [6.45, 7) is 6.78. The first-order valence-electron chi connectivity index (χ1n) is 6.04. The number of carbonyl (C=O) groups is 2. The zero-order chi connectivity index (χ0) is 12.8. The second-order valence-electron chi connectivity index (χ2n) is 4.54. The van der Waals surface area contributed by atoms with Gasteiger partial charge in [0.05, 0.1) is 0 Å². The summed E-state index contributed by atoms with van der Waals surface area (Å²) in [5.74, 6) is 5.84. The summed E-state index contributed by atoms with van der Waals surface area (Å²) < 4.78 is 0.